The van der Waals surface area contributed by atoms with Gasteiger partial charge in [-0.1, -0.05) is 20.8 Å². The summed E-state index contributed by atoms with van der Waals surface area (Å²) in [7, 11) is 0. The fraction of sp³-hybridized carbons (Fsp3) is 0.700. The summed E-state index contributed by atoms with van der Waals surface area (Å²) >= 11 is 0. The number of aromatic nitrogens is 2. The zero-order valence-electron chi connectivity index (χ0n) is 8.67. The number of hydrogen-bond acceptors (Lipinski definition) is 2. The monoisotopic (exact) mass is 181 g/mol. The van der Waals surface area contributed by atoms with Crippen LogP contribution in [-0.4, -0.2) is 16.0 Å². The third-order valence-electron chi connectivity index (χ3n) is 2.35. The molecular formula is C10H19N3. The predicted molar refractivity (Wildman–Crippen MR) is 54.3 cm³/mol. The summed E-state index contributed by atoms with van der Waals surface area (Å²) in [4.78, 5) is 7.06. The minimum Gasteiger partial charge on any atom is -0.347 e. The van der Waals surface area contributed by atoms with E-state index < -0.39 is 0 Å². The largest absolute Gasteiger partial charge is 0.347 e. The maximum absolute atomic E-state index is 3.98. The number of hydrogen-bond donors (Lipinski definition) is 2. The van der Waals surface area contributed by atoms with E-state index in [0.717, 1.165) is 12.2 Å². The van der Waals surface area contributed by atoms with Gasteiger partial charge in [0.1, 0.15) is 0 Å². The van der Waals surface area contributed by atoms with Crippen molar-refractivity contribution >= 4 is 0 Å². The lowest BCUT2D eigenvalue weighted by atomic mass is 10.0. The Morgan fingerprint density at radius 3 is 2.77 bits per heavy atom. The summed E-state index contributed by atoms with van der Waals surface area (Å²) in [6.07, 6.45) is 4.75. The zero-order chi connectivity index (χ0) is 9.68. The molecule has 1 atom stereocenters. The lowest BCUT2D eigenvalue weighted by Gasteiger charge is -2.20. The lowest BCUT2D eigenvalue weighted by molar-refractivity contribution is 0.386. The Kier molecular flexibility index (Phi) is 3.96. The summed E-state index contributed by atoms with van der Waals surface area (Å²) in [5.41, 5.74) is 1.15. The number of nitrogens with zero attached hydrogens (tertiary/aromatic N) is 1. The van der Waals surface area contributed by atoms with Crippen molar-refractivity contribution < 1.29 is 0 Å². The Balaban J connectivity index is 2.32. The minimum absolute atomic E-state index is 0.600. The number of nitrogens with one attached hydrogen (secondary N) is 2. The molecule has 1 aromatic rings. The highest BCUT2D eigenvalue weighted by molar-refractivity contribution is 4.93. The smallest absolute Gasteiger partial charge is 0.0922 e. The van der Waals surface area contributed by atoms with Gasteiger partial charge >= 0.3 is 0 Å². The van der Waals surface area contributed by atoms with Crippen molar-refractivity contribution in [1.82, 2.24) is 15.3 Å². The fourth-order valence-corrected chi connectivity index (χ4v) is 1.47. The molecule has 0 aliphatic rings. The molecule has 2 N–H and O–H groups in total. The van der Waals surface area contributed by atoms with E-state index in [1.165, 1.54) is 6.42 Å². The van der Waals surface area contributed by atoms with Gasteiger partial charge in [-0.05, 0) is 12.3 Å². The van der Waals surface area contributed by atoms with Gasteiger partial charge < -0.3 is 10.3 Å². The van der Waals surface area contributed by atoms with E-state index in [2.05, 4.69) is 36.1 Å². The number of H-pyrrole nitrogens is 1. The third-order valence-corrected chi connectivity index (χ3v) is 2.35. The van der Waals surface area contributed by atoms with E-state index >= 15 is 0 Å². The first kappa shape index (κ1) is 10.3. The minimum atomic E-state index is 0.600. The lowest BCUT2D eigenvalue weighted by Crippen LogP contribution is -2.32. The molecule has 3 heteroatoms. The average Bonchev–Trinajstić information content (AvgIpc) is 2.57. The summed E-state index contributed by atoms with van der Waals surface area (Å²) < 4.78 is 0. The van der Waals surface area contributed by atoms with Gasteiger partial charge in [-0.3, -0.25) is 0 Å². The molecule has 1 unspecified atom stereocenters. The van der Waals surface area contributed by atoms with Crippen molar-refractivity contribution in [3.8, 4) is 0 Å². The van der Waals surface area contributed by atoms with Crippen LogP contribution in [-0.2, 0) is 6.54 Å². The SMILES string of the molecule is CCC(NCc1cnc[nH]1)C(C)C. The average molecular weight is 181 g/mol. The van der Waals surface area contributed by atoms with Crippen molar-refractivity contribution in [2.75, 3.05) is 0 Å². The van der Waals surface area contributed by atoms with Gasteiger partial charge in [-0.15, -0.1) is 0 Å². The Labute approximate surface area is 80.0 Å². The molecule has 0 aromatic carbocycles. The normalized spacial score (nSPS) is 13.5. The van der Waals surface area contributed by atoms with Gasteiger partial charge in [0.2, 0.25) is 0 Å². The van der Waals surface area contributed by atoms with Gasteiger partial charge in [0.25, 0.3) is 0 Å². The molecule has 0 aliphatic heterocycles. The quantitative estimate of drug-likeness (QED) is 0.728. The summed E-state index contributed by atoms with van der Waals surface area (Å²) in [5.74, 6) is 0.688. The van der Waals surface area contributed by atoms with Crippen LogP contribution >= 0.6 is 0 Å². The number of rotatable bonds is 5. The van der Waals surface area contributed by atoms with Crippen molar-refractivity contribution in [1.29, 1.82) is 0 Å². The molecule has 0 bridgehead atoms. The molecule has 0 amide bonds. The highest BCUT2D eigenvalue weighted by atomic mass is 15.0. The molecule has 74 valence electrons. The van der Waals surface area contributed by atoms with Gasteiger partial charge in [-0.2, -0.15) is 0 Å². The van der Waals surface area contributed by atoms with Gasteiger partial charge in [0, 0.05) is 24.5 Å². The van der Waals surface area contributed by atoms with E-state index in [4.69, 9.17) is 0 Å². The second-order valence-corrected chi connectivity index (χ2v) is 3.72. The molecule has 1 heterocycles. The summed E-state index contributed by atoms with van der Waals surface area (Å²) in [5, 5.41) is 3.50. The van der Waals surface area contributed by atoms with Crippen molar-refractivity contribution in [3.63, 3.8) is 0 Å². The van der Waals surface area contributed by atoms with Crippen LogP contribution in [0.4, 0.5) is 0 Å². The molecule has 0 saturated carbocycles. The highest BCUT2D eigenvalue weighted by Gasteiger charge is 2.09. The van der Waals surface area contributed by atoms with Crippen LogP contribution in [0.5, 0.6) is 0 Å². The van der Waals surface area contributed by atoms with Crippen molar-refractivity contribution in [3.05, 3.63) is 18.2 Å². The van der Waals surface area contributed by atoms with Crippen LogP contribution in [0.15, 0.2) is 12.5 Å². The number of imidazole rings is 1. The topological polar surface area (TPSA) is 40.7 Å². The standard InChI is InChI=1S/C10H19N3/c1-4-10(8(2)3)12-6-9-5-11-7-13-9/h5,7-8,10,12H,4,6H2,1-3H3,(H,11,13). The Bertz CT molecular complexity index is 216. The first-order valence-electron chi connectivity index (χ1n) is 4.94. The molecule has 1 rings (SSSR count). The Hall–Kier alpha value is -0.830. The maximum Gasteiger partial charge on any atom is 0.0922 e. The molecule has 0 radical (unpaired) electrons. The summed E-state index contributed by atoms with van der Waals surface area (Å²) in [6, 6.07) is 0.600. The van der Waals surface area contributed by atoms with E-state index in [1.807, 2.05) is 6.20 Å². The Morgan fingerprint density at radius 1 is 1.54 bits per heavy atom. The van der Waals surface area contributed by atoms with Gasteiger partial charge in [0.15, 0.2) is 0 Å². The first-order valence-corrected chi connectivity index (χ1v) is 4.94. The van der Waals surface area contributed by atoms with Gasteiger partial charge in [0.05, 0.1) is 6.33 Å². The van der Waals surface area contributed by atoms with Crippen LogP contribution in [0.2, 0.25) is 0 Å². The molecule has 13 heavy (non-hydrogen) atoms. The third kappa shape index (κ3) is 3.19. The van der Waals surface area contributed by atoms with E-state index in [0.29, 0.717) is 12.0 Å². The fourth-order valence-electron chi connectivity index (χ4n) is 1.47. The summed E-state index contributed by atoms with van der Waals surface area (Å²) in [6.45, 7) is 7.59. The second kappa shape index (κ2) is 5.02. The second-order valence-electron chi connectivity index (χ2n) is 3.72. The number of aromatic amines is 1. The molecule has 1 aromatic heterocycles. The molecule has 0 aliphatic carbocycles. The van der Waals surface area contributed by atoms with Crippen LogP contribution < -0.4 is 5.32 Å². The van der Waals surface area contributed by atoms with E-state index in [1.54, 1.807) is 6.33 Å². The van der Waals surface area contributed by atoms with Crippen LogP contribution in [0.3, 0.4) is 0 Å². The van der Waals surface area contributed by atoms with Crippen LogP contribution in [0.1, 0.15) is 32.9 Å². The zero-order valence-corrected chi connectivity index (χ0v) is 8.67. The van der Waals surface area contributed by atoms with E-state index in [-0.39, 0.29) is 0 Å². The highest BCUT2D eigenvalue weighted by Crippen LogP contribution is 2.05. The maximum atomic E-state index is 3.98. The van der Waals surface area contributed by atoms with Crippen molar-refractivity contribution in [2.24, 2.45) is 5.92 Å². The molecular weight excluding hydrogens is 162 g/mol. The molecule has 0 saturated heterocycles. The predicted octanol–water partition coefficient (Wildman–Crippen LogP) is 1.93. The Morgan fingerprint density at radius 2 is 2.31 bits per heavy atom. The van der Waals surface area contributed by atoms with Crippen LogP contribution in [0, 0.1) is 5.92 Å². The first-order chi connectivity index (χ1) is 6.24. The van der Waals surface area contributed by atoms with Crippen LogP contribution in [0.25, 0.3) is 0 Å². The van der Waals surface area contributed by atoms with Gasteiger partial charge in [-0.25, -0.2) is 4.98 Å². The molecule has 0 fully saturated rings. The van der Waals surface area contributed by atoms with Crippen molar-refractivity contribution in [2.45, 2.75) is 39.8 Å². The molecule has 0 spiro atoms. The van der Waals surface area contributed by atoms with E-state index in [9.17, 15) is 0 Å². The molecule has 3 nitrogen and oxygen atoms in total.